The summed E-state index contributed by atoms with van der Waals surface area (Å²) in [5, 5.41) is 25.2. The third kappa shape index (κ3) is 3.91. The summed E-state index contributed by atoms with van der Waals surface area (Å²) in [4.78, 5) is 14.6. The van der Waals surface area contributed by atoms with E-state index in [1.165, 1.54) is 41.8 Å². The van der Waals surface area contributed by atoms with Crippen LogP contribution >= 0.6 is 11.3 Å². The van der Waals surface area contributed by atoms with Gasteiger partial charge in [-0.1, -0.05) is 0 Å². The highest BCUT2D eigenvalue weighted by Crippen LogP contribution is 2.26. The first-order valence-electron chi connectivity index (χ1n) is 7.40. The van der Waals surface area contributed by atoms with Gasteiger partial charge in [0, 0.05) is 35.0 Å². The Labute approximate surface area is 152 Å². The summed E-state index contributed by atoms with van der Waals surface area (Å²) in [5.41, 5.74) is 2.33. The number of anilines is 1. The Morgan fingerprint density at radius 1 is 1.23 bits per heavy atom. The van der Waals surface area contributed by atoms with Crippen molar-refractivity contribution >= 4 is 28.3 Å². The fraction of sp³-hybridized carbons (Fsp3) is 0. The van der Waals surface area contributed by atoms with Crippen molar-refractivity contribution in [2.75, 3.05) is 5.32 Å². The van der Waals surface area contributed by atoms with Crippen LogP contribution in [0.4, 0.5) is 15.8 Å². The van der Waals surface area contributed by atoms with E-state index in [1.807, 2.05) is 0 Å². The van der Waals surface area contributed by atoms with Crippen LogP contribution < -0.4 is 5.32 Å². The molecule has 128 valence electrons. The van der Waals surface area contributed by atoms with Crippen LogP contribution in [0.25, 0.3) is 16.8 Å². The van der Waals surface area contributed by atoms with Crippen molar-refractivity contribution in [3.63, 3.8) is 0 Å². The van der Waals surface area contributed by atoms with Crippen molar-refractivity contribution < 1.29 is 9.31 Å². The minimum Gasteiger partial charge on any atom is -0.360 e. The molecule has 1 aromatic heterocycles. The zero-order valence-electron chi connectivity index (χ0n) is 13.2. The Morgan fingerprint density at radius 3 is 2.54 bits per heavy atom. The van der Waals surface area contributed by atoms with E-state index in [2.05, 4.69) is 16.4 Å². The van der Waals surface area contributed by atoms with Gasteiger partial charge in [0.1, 0.15) is 22.5 Å². The maximum Gasteiger partial charge on any atom is 0.269 e. The van der Waals surface area contributed by atoms with E-state index < -0.39 is 4.92 Å². The largest absolute Gasteiger partial charge is 0.360 e. The van der Waals surface area contributed by atoms with Gasteiger partial charge in [-0.05, 0) is 36.4 Å². The van der Waals surface area contributed by atoms with Gasteiger partial charge in [-0.15, -0.1) is 11.3 Å². The van der Waals surface area contributed by atoms with Gasteiger partial charge in [-0.2, -0.15) is 5.26 Å². The molecule has 0 saturated heterocycles. The van der Waals surface area contributed by atoms with Gasteiger partial charge in [0.05, 0.1) is 10.6 Å². The van der Waals surface area contributed by atoms with E-state index in [0.29, 0.717) is 22.0 Å². The predicted molar refractivity (Wildman–Crippen MR) is 97.8 cm³/mol. The number of allylic oxidation sites excluding steroid dienone is 1. The molecule has 0 aliphatic rings. The highest BCUT2D eigenvalue weighted by atomic mass is 32.1. The van der Waals surface area contributed by atoms with Crippen LogP contribution in [0.5, 0.6) is 0 Å². The summed E-state index contributed by atoms with van der Waals surface area (Å²) < 4.78 is 13.0. The molecule has 6 nitrogen and oxygen atoms in total. The molecule has 2 aromatic carbocycles. The molecule has 1 N–H and O–H groups in total. The van der Waals surface area contributed by atoms with Crippen LogP contribution in [0.2, 0.25) is 0 Å². The number of non-ortho nitro benzene ring substituents is 1. The molecule has 0 bridgehead atoms. The number of halogens is 1. The number of nitriles is 1. The molecular weight excluding hydrogens is 355 g/mol. The topological polar surface area (TPSA) is 91.8 Å². The Morgan fingerprint density at radius 2 is 1.92 bits per heavy atom. The van der Waals surface area contributed by atoms with Crippen LogP contribution in [0.1, 0.15) is 5.01 Å². The first-order chi connectivity index (χ1) is 12.6. The zero-order chi connectivity index (χ0) is 18.5. The minimum absolute atomic E-state index is 0.0103. The third-order valence-electron chi connectivity index (χ3n) is 3.46. The first-order valence-corrected chi connectivity index (χ1v) is 8.28. The molecule has 8 heteroatoms. The summed E-state index contributed by atoms with van der Waals surface area (Å²) in [6, 6.07) is 13.9. The maximum absolute atomic E-state index is 13.0. The summed E-state index contributed by atoms with van der Waals surface area (Å²) >= 11 is 1.30. The van der Waals surface area contributed by atoms with Crippen LogP contribution in [-0.4, -0.2) is 9.91 Å². The number of hydrogen-bond acceptors (Lipinski definition) is 6. The lowest BCUT2D eigenvalue weighted by Crippen LogP contribution is -1.92. The van der Waals surface area contributed by atoms with Gasteiger partial charge >= 0.3 is 0 Å². The first kappa shape index (κ1) is 17.3. The fourth-order valence-electron chi connectivity index (χ4n) is 2.13. The number of rotatable bonds is 5. The molecule has 3 rings (SSSR count). The Bertz CT molecular complexity index is 1000. The molecular formula is C18H11FN4O2S. The van der Waals surface area contributed by atoms with E-state index in [0.717, 1.165) is 5.56 Å². The fourth-order valence-corrected chi connectivity index (χ4v) is 2.92. The second kappa shape index (κ2) is 7.55. The molecule has 0 aliphatic heterocycles. The predicted octanol–water partition coefficient (Wildman–Crippen LogP) is 4.83. The summed E-state index contributed by atoms with van der Waals surface area (Å²) in [5.74, 6) is -0.325. The lowest BCUT2D eigenvalue weighted by Gasteiger charge is -2.01. The normalized spacial score (nSPS) is 11.0. The number of nitrogens with zero attached hydrogens (tertiary/aromatic N) is 3. The quantitative estimate of drug-likeness (QED) is 0.396. The molecule has 0 atom stereocenters. The van der Waals surface area contributed by atoms with Crippen LogP contribution in [0, 0.1) is 27.3 Å². The molecule has 3 aromatic rings. The molecule has 26 heavy (non-hydrogen) atoms. The van der Waals surface area contributed by atoms with Crippen molar-refractivity contribution in [3.05, 3.63) is 81.1 Å². The lowest BCUT2D eigenvalue weighted by atomic mass is 10.2. The zero-order valence-corrected chi connectivity index (χ0v) is 14.0. The number of thiazole rings is 1. The second-order valence-corrected chi connectivity index (χ2v) is 6.02. The average molecular weight is 366 g/mol. The molecule has 1 heterocycles. The van der Waals surface area contributed by atoms with Gasteiger partial charge in [-0.3, -0.25) is 10.1 Å². The van der Waals surface area contributed by atoms with Crippen LogP contribution in [0.3, 0.4) is 0 Å². The maximum atomic E-state index is 13.0. The Hall–Kier alpha value is -3.57. The minimum atomic E-state index is -0.479. The highest BCUT2D eigenvalue weighted by Gasteiger charge is 2.09. The average Bonchev–Trinajstić information content (AvgIpc) is 3.13. The Balaban J connectivity index is 1.78. The summed E-state index contributed by atoms with van der Waals surface area (Å²) in [6.45, 7) is 0. The molecule has 0 radical (unpaired) electrons. The molecule has 0 aliphatic carbocycles. The molecule has 0 fully saturated rings. The van der Waals surface area contributed by atoms with Crippen LogP contribution in [-0.2, 0) is 0 Å². The molecule has 0 spiro atoms. The van der Waals surface area contributed by atoms with E-state index in [9.17, 15) is 19.8 Å². The van der Waals surface area contributed by atoms with E-state index in [4.69, 9.17) is 0 Å². The van der Waals surface area contributed by atoms with Gasteiger partial charge in [-0.25, -0.2) is 9.37 Å². The number of nitro benzene ring substituents is 1. The third-order valence-corrected chi connectivity index (χ3v) is 4.33. The van der Waals surface area contributed by atoms with Gasteiger partial charge in [0.25, 0.3) is 5.69 Å². The number of hydrogen-bond donors (Lipinski definition) is 1. The molecule has 0 saturated carbocycles. The van der Waals surface area contributed by atoms with Gasteiger partial charge in [0.2, 0.25) is 0 Å². The van der Waals surface area contributed by atoms with E-state index in [1.54, 1.807) is 29.6 Å². The van der Waals surface area contributed by atoms with Crippen molar-refractivity contribution in [3.8, 4) is 17.3 Å². The van der Waals surface area contributed by atoms with E-state index in [-0.39, 0.29) is 11.5 Å². The van der Waals surface area contributed by atoms with Crippen LogP contribution in [0.15, 0.2) is 60.1 Å². The molecule has 0 amide bonds. The van der Waals surface area contributed by atoms with Crippen molar-refractivity contribution in [2.24, 2.45) is 0 Å². The van der Waals surface area contributed by atoms with Gasteiger partial charge in [0.15, 0.2) is 0 Å². The number of nitrogens with one attached hydrogen (secondary N) is 1. The highest BCUT2D eigenvalue weighted by molar-refractivity contribution is 7.11. The Kier molecular flexibility index (Phi) is 5.01. The standard InChI is InChI=1S/C18H11FN4O2S/c19-14-3-1-12(2-4-14)17-11-26-18(22-17)13(9-20)10-21-15-5-7-16(8-6-15)23(24)25/h1-8,10-11,21H/b13-10-. The van der Waals surface area contributed by atoms with Crippen molar-refractivity contribution in [2.45, 2.75) is 0 Å². The van der Waals surface area contributed by atoms with Crippen molar-refractivity contribution in [1.29, 1.82) is 5.26 Å². The SMILES string of the molecule is N#C/C(=C/Nc1ccc([N+](=O)[O-])cc1)c1nc(-c2ccc(F)cc2)cs1. The number of nitro groups is 1. The van der Waals surface area contributed by atoms with Gasteiger partial charge < -0.3 is 5.32 Å². The number of aromatic nitrogens is 1. The number of benzene rings is 2. The summed E-state index contributed by atoms with van der Waals surface area (Å²) in [7, 11) is 0. The monoisotopic (exact) mass is 366 g/mol. The lowest BCUT2D eigenvalue weighted by molar-refractivity contribution is -0.384. The van der Waals surface area contributed by atoms with Crippen molar-refractivity contribution in [1.82, 2.24) is 4.98 Å². The summed E-state index contributed by atoms with van der Waals surface area (Å²) in [6.07, 6.45) is 1.49. The second-order valence-electron chi connectivity index (χ2n) is 5.16. The smallest absolute Gasteiger partial charge is 0.269 e. The molecule has 0 unspecified atom stereocenters. The van der Waals surface area contributed by atoms with E-state index >= 15 is 0 Å².